The van der Waals surface area contributed by atoms with E-state index in [1.54, 1.807) is 0 Å². The highest BCUT2D eigenvalue weighted by atomic mass is 32.1. The summed E-state index contributed by atoms with van der Waals surface area (Å²) in [4.78, 5) is 25.0. The highest BCUT2D eigenvalue weighted by molar-refractivity contribution is 7.19. The lowest BCUT2D eigenvalue weighted by Crippen LogP contribution is -2.45. The SMILES string of the molecule is Cc1cc(C)cc(-c2[nH]c3sc(C(C)(C)C(=O)N4C5CCC4CC5)cc3c2CCC2CCCCN(C)CC2)c1. The van der Waals surface area contributed by atoms with Crippen molar-refractivity contribution >= 4 is 27.5 Å². The Morgan fingerprint density at radius 3 is 2.33 bits per heavy atom. The molecule has 2 bridgehead atoms. The molecule has 210 valence electrons. The lowest BCUT2D eigenvalue weighted by atomic mass is 9.87. The molecule has 0 radical (unpaired) electrons. The molecule has 6 rings (SSSR count). The Morgan fingerprint density at radius 1 is 0.949 bits per heavy atom. The van der Waals surface area contributed by atoms with Crippen LogP contribution in [0.1, 0.15) is 93.2 Å². The minimum absolute atomic E-state index is 0.339. The van der Waals surface area contributed by atoms with Crippen LogP contribution in [0.4, 0.5) is 0 Å². The van der Waals surface area contributed by atoms with Gasteiger partial charge in [-0.05, 0) is 134 Å². The van der Waals surface area contributed by atoms with Gasteiger partial charge in [0.25, 0.3) is 0 Å². The third kappa shape index (κ3) is 5.22. The molecule has 39 heavy (non-hydrogen) atoms. The van der Waals surface area contributed by atoms with Crippen LogP contribution in [0.3, 0.4) is 0 Å². The number of likely N-dealkylation sites (tertiary alicyclic amines) is 1. The number of aromatic amines is 1. The zero-order valence-corrected chi connectivity index (χ0v) is 25.6. The normalized spacial score (nSPS) is 24.4. The number of carbonyl (C=O) groups excluding carboxylic acids is 1. The Hall–Kier alpha value is -2.11. The molecule has 1 aromatic carbocycles. The van der Waals surface area contributed by atoms with Gasteiger partial charge in [0, 0.05) is 22.3 Å². The largest absolute Gasteiger partial charge is 0.346 e. The van der Waals surface area contributed by atoms with Crippen molar-refractivity contribution in [1.29, 1.82) is 0 Å². The van der Waals surface area contributed by atoms with Crippen molar-refractivity contribution in [2.24, 2.45) is 5.92 Å². The fourth-order valence-electron chi connectivity index (χ4n) is 7.75. The van der Waals surface area contributed by atoms with Crippen LogP contribution >= 0.6 is 11.3 Å². The molecule has 1 atom stereocenters. The summed E-state index contributed by atoms with van der Waals surface area (Å²) >= 11 is 1.81. The van der Waals surface area contributed by atoms with Gasteiger partial charge in [0.2, 0.25) is 5.91 Å². The number of benzene rings is 1. The van der Waals surface area contributed by atoms with E-state index in [-0.39, 0.29) is 0 Å². The van der Waals surface area contributed by atoms with Crippen LogP contribution in [0, 0.1) is 19.8 Å². The summed E-state index contributed by atoms with van der Waals surface area (Å²) in [6, 6.07) is 10.2. The fourth-order valence-corrected chi connectivity index (χ4v) is 8.93. The first-order valence-electron chi connectivity index (χ1n) is 15.5. The fraction of sp³-hybridized carbons (Fsp3) is 0.618. The number of rotatable bonds is 6. The molecule has 5 heterocycles. The van der Waals surface area contributed by atoms with Crippen LogP contribution < -0.4 is 0 Å². The number of hydrogen-bond donors (Lipinski definition) is 1. The number of hydrogen-bond acceptors (Lipinski definition) is 3. The van der Waals surface area contributed by atoms with E-state index in [2.05, 4.69) is 73.8 Å². The van der Waals surface area contributed by atoms with Gasteiger partial charge < -0.3 is 14.8 Å². The monoisotopic (exact) mass is 545 g/mol. The molecule has 0 saturated carbocycles. The number of amides is 1. The standard InChI is InChI=1S/C34H47N3OS/c1-22-18-23(2)20-25(19-22)31-28(14-9-24-8-6-7-16-36(5)17-15-24)29-21-30(39-32(29)35-31)34(3,4)33(38)37-26-10-11-27(37)13-12-26/h18-21,24,26-27,35H,6-17H2,1-5H3. The molecule has 3 aliphatic rings. The smallest absolute Gasteiger partial charge is 0.233 e. The van der Waals surface area contributed by atoms with Gasteiger partial charge in [0.1, 0.15) is 4.83 Å². The van der Waals surface area contributed by atoms with E-state index in [1.807, 2.05) is 11.3 Å². The van der Waals surface area contributed by atoms with Gasteiger partial charge in [-0.15, -0.1) is 11.3 Å². The van der Waals surface area contributed by atoms with E-state index >= 15 is 0 Å². The van der Waals surface area contributed by atoms with Gasteiger partial charge in [0.05, 0.1) is 11.1 Å². The van der Waals surface area contributed by atoms with Crippen molar-refractivity contribution in [2.45, 2.75) is 109 Å². The Morgan fingerprint density at radius 2 is 1.64 bits per heavy atom. The van der Waals surface area contributed by atoms with E-state index in [9.17, 15) is 4.79 Å². The maximum absolute atomic E-state index is 13.9. The molecular weight excluding hydrogens is 498 g/mol. The second-order valence-electron chi connectivity index (χ2n) is 13.5. The molecule has 4 nitrogen and oxygen atoms in total. The molecule has 5 heteroatoms. The van der Waals surface area contributed by atoms with Crippen molar-refractivity contribution < 1.29 is 4.79 Å². The molecule has 2 aromatic heterocycles. The first kappa shape index (κ1) is 27.1. The number of H-pyrrole nitrogens is 1. The second-order valence-corrected chi connectivity index (χ2v) is 14.6. The van der Waals surface area contributed by atoms with Crippen molar-refractivity contribution in [3.8, 4) is 11.3 Å². The van der Waals surface area contributed by atoms with Crippen molar-refractivity contribution in [3.05, 3.63) is 45.8 Å². The van der Waals surface area contributed by atoms with Crippen LogP contribution in [-0.2, 0) is 16.6 Å². The van der Waals surface area contributed by atoms with E-state index in [0.29, 0.717) is 18.0 Å². The molecular formula is C34H47N3OS. The highest BCUT2D eigenvalue weighted by Crippen LogP contribution is 2.45. The summed E-state index contributed by atoms with van der Waals surface area (Å²) < 4.78 is 0. The average molecular weight is 546 g/mol. The predicted molar refractivity (Wildman–Crippen MR) is 165 cm³/mol. The van der Waals surface area contributed by atoms with E-state index < -0.39 is 5.41 Å². The van der Waals surface area contributed by atoms with Gasteiger partial charge >= 0.3 is 0 Å². The molecule has 3 saturated heterocycles. The predicted octanol–water partition coefficient (Wildman–Crippen LogP) is 8.00. The summed E-state index contributed by atoms with van der Waals surface area (Å²) in [6.45, 7) is 11.2. The second kappa shape index (κ2) is 10.7. The zero-order valence-electron chi connectivity index (χ0n) is 24.7. The first-order valence-corrected chi connectivity index (χ1v) is 16.3. The molecule has 0 aliphatic carbocycles. The first-order chi connectivity index (χ1) is 18.7. The van der Waals surface area contributed by atoms with Crippen LogP contribution in [0.15, 0.2) is 24.3 Å². The summed E-state index contributed by atoms with van der Waals surface area (Å²) in [5.74, 6) is 1.12. The Balaban J connectivity index is 1.33. The molecule has 3 aromatic rings. The van der Waals surface area contributed by atoms with Gasteiger partial charge in [0.15, 0.2) is 0 Å². The topological polar surface area (TPSA) is 39.3 Å². The van der Waals surface area contributed by atoms with Gasteiger partial charge in [-0.25, -0.2) is 0 Å². The van der Waals surface area contributed by atoms with Gasteiger partial charge in [-0.3, -0.25) is 4.79 Å². The quantitative estimate of drug-likeness (QED) is 0.341. The minimum atomic E-state index is -0.489. The molecule has 0 spiro atoms. The van der Waals surface area contributed by atoms with Crippen molar-refractivity contribution in [1.82, 2.24) is 14.8 Å². The summed E-state index contributed by atoms with van der Waals surface area (Å²) in [5.41, 5.74) is 6.18. The van der Waals surface area contributed by atoms with Crippen LogP contribution in [0.2, 0.25) is 0 Å². The maximum Gasteiger partial charge on any atom is 0.233 e. The highest BCUT2D eigenvalue weighted by Gasteiger charge is 2.47. The minimum Gasteiger partial charge on any atom is -0.346 e. The lowest BCUT2D eigenvalue weighted by Gasteiger charge is -2.31. The Labute approximate surface area is 239 Å². The van der Waals surface area contributed by atoms with Gasteiger partial charge in [-0.1, -0.05) is 30.0 Å². The van der Waals surface area contributed by atoms with Crippen LogP contribution in [-0.4, -0.2) is 52.9 Å². The number of thiophene rings is 1. The molecule has 1 unspecified atom stereocenters. The van der Waals surface area contributed by atoms with Crippen LogP contribution in [0.5, 0.6) is 0 Å². The number of fused-ring (bicyclic) bond motifs is 3. The summed E-state index contributed by atoms with van der Waals surface area (Å²) in [7, 11) is 2.28. The molecule has 3 aliphatic heterocycles. The molecule has 3 fully saturated rings. The average Bonchev–Trinajstić information content (AvgIpc) is 3.65. The maximum atomic E-state index is 13.9. The molecule has 1 N–H and O–H groups in total. The summed E-state index contributed by atoms with van der Waals surface area (Å²) in [6.07, 6.45) is 12.4. The number of nitrogens with zero attached hydrogens (tertiary/aromatic N) is 2. The number of aryl methyl sites for hydroxylation is 3. The zero-order chi connectivity index (χ0) is 27.3. The number of carbonyl (C=O) groups is 1. The van der Waals surface area contributed by atoms with E-state index in [1.165, 1.54) is 114 Å². The third-order valence-corrected chi connectivity index (χ3v) is 11.4. The van der Waals surface area contributed by atoms with Crippen LogP contribution in [0.25, 0.3) is 21.5 Å². The Kier molecular flexibility index (Phi) is 7.43. The Bertz CT molecular complexity index is 1310. The van der Waals surface area contributed by atoms with Crippen molar-refractivity contribution in [3.63, 3.8) is 0 Å². The summed E-state index contributed by atoms with van der Waals surface area (Å²) in [5, 5.41) is 1.34. The number of nitrogens with one attached hydrogen (secondary N) is 1. The molecule has 1 amide bonds. The number of aromatic nitrogens is 1. The van der Waals surface area contributed by atoms with Crippen molar-refractivity contribution in [2.75, 3.05) is 20.1 Å². The van der Waals surface area contributed by atoms with E-state index in [0.717, 1.165) is 12.3 Å². The van der Waals surface area contributed by atoms with E-state index in [4.69, 9.17) is 0 Å². The lowest BCUT2D eigenvalue weighted by molar-refractivity contribution is -0.137. The van der Waals surface area contributed by atoms with Gasteiger partial charge in [-0.2, -0.15) is 0 Å². The third-order valence-electron chi connectivity index (χ3n) is 10.1.